The van der Waals surface area contributed by atoms with Gasteiger partial charge in [-0.15, -0.1) is 0 Å². The zero-order chi connectivity index (χ0) is 18.1. The van der Waals surface area contributed by atoms with Crippen LogP contribution in [0.15, 0.2) is 55.2 Å². The molecule has 3 heterocycles. The van der Waals surface area contributed by atoms with Gasteiger partial charge in [0.25, 0.3) is 5.91 Å². The van der Waals surface area contributed by atoms with Crippen LogP contribution in [0.2, 0.25) is 0 Å². The van der Waals surface area contributed by atoms with Gasteiger partial charge in [-0.2, -0.15) is 0 Å². The van der Waals surface area contributed by atoms with Crippen LogP contribution in [0.5, 0.6) is 5.75 Å². The molecule has 0 aliphatic carbocycles. The van der Waals surface area contributed by atoms with Gasteiger partial charge in [0.2, 0.25) is 0 Å². The third-order valence-corrected chi connectivity index (χ3v) is 4.70. The number of carbonyl (C=O) groups is 1. The smallest absolute Gasteiger partial charge is 0.272 e. The molecule has 6 heteroatoms. The average Bonchev–Trinajstić information content (AvgIpc) is 3.03. The summed E-state index contributed by atoms with van der Waals surface area (Å²) in [5.41, 5.74) is 3.66. The zero-order valence-corrected chi connectivity index (χ0v) is 14.8. The van der Waals surface area contributed by atoms with Gasteiger partial charge in [-0.3, -0.25) is 9.78 Å². The van der Waals surface area contributed by atoms with Crippen LogP contribution < -0.4 is 4.74 Å². The van der Waals surface area contributed by atoms with Gasteiger partial charge in [0, 0.05) is 30.6 Å². The highest BCUT2D eigenvalue weighted by Crippen LogP contribution is 2.30. The first kappa shape index (κ1) is 16.3. The Labute approximate surface area is 152 Å². The molecule has 0 unspecified atom stereocenters. The predicted molar refractivity (Wildman–Crippen MR) is 97.7 cm³/mol. The van der Waals surface area contributed by atoms with Gasteiger partial charge in [0.05, 0.1) is 25.1 Å². The van der Waals surface area contributed by atoms with E-state index >= 15 is 0 Å². The van der Waals surface area contributed by atoms with E-state index in [9.17, 15) is 4.79 Å². The summed E-state index contributed by atoms with van der Waals surface area (Å²) in [6.45, 7) is 2.96. The molecule has 1 amide bonds. The summed E-state index contributed by atoms with van der Waals surface area (Å²) in [6.07, 6.45) is 6.83. The van der Waals surface area contributed by atoms with Gasteiger partial charge in [0.15, 0.2) is 0 Å². The van der Waals surface area contributed by atoms with E-state index in [0.29, 0.717) is 18.8 Å². The summed E-state index contributed by atoms with van der Waals surface area (Å²) in [4.78, 5) is 23.1. The lowest BCUT2D eigenvalue weighted by Crippen LogP contribution is -2.40. The molecule has 0 saturated heterocycles. The van der Waals surface area contributed by atoms with Gasteiger partial charge >= 0.3 is 0 Å². The van der Waals surface area contributed by atoms with Crippen LogP contribution in [0.25, 0.3) is 11.1 Å². The monoisotopic (exact) mass is 348 g/mol. The zero-order valence-electron chi connectivity index (χ0n) is 14.8. The Morgan fingerprint density at radius 1 is 1.19 bits per heavy atom. The fourth-order valence-corrected chi connectivity index (χ4v) is 3.18. The number of nitrogens with zero attached hydrogens (tertiary/aromatic N) is 4. The summed E-state index contributed by atoms with van der Waals surface area (Å²) in [5, 5.41) is 0. The first-order chi connectivity index (χ1) is 12.6. The number of fused-ring (bicyclic) bond motifs is 1. The molecule has 1 aliphatic rings. The normalized spacial score (nSPS) is 16.5. The topological polar surface area (TPSA) is 60.2 Å². The summed E-state index contributed by atoms with van der Waals surface area (Å²) >= 11 is 0. The van der Waals surface area contributed by atoms with Crippen molar-refractivity contribution < 1.29 is 9.53 Å². The number of rotatable bonds is 2. The Morgan fingerprint density at radius 3 is 2.81 bits per heavy atom. The van der Waals surface area contributed by atoms with E-state index in [-0.39, 0.29) is 11.9 Å². The number of carbonyl (C=O) groups excluding carboxylic acids is 1. The highest BCUT2D eigenvalue weighted by atomic mass is 16.5. The fraction of sp³-hybridized carbons (Fsp3) is 0.250. The van der Waals surface area contributed by atoms with E-state index in [4.69, 9.17) is 4.74 Å². The van der Waals surface area contributed by atoms with E-state index in [1.54, 1.807) is 23.3 Å². The molecular formula is C20H20N4O2. The molecule has 4 rings (SSSR count). The molecule has 0 fully saturated rings. The number of amides is 1. The molecule has 1 atom stereocenters. The second kappa shape index (κ2) is 6.63. The quantitative estimate of drug-likeness (QED) is 0.714. The van der Waals surface area contributed by atoms with Crippen molar-refractivity contribution in [3.8, 4) is 16.9 Å². The molecule has 6 nitrogen and oxygen atoms in total. The van der Waals surface area contributed by atoms with Crippen LogP contribution in [0.3, 0.4) is 0 Å². The molecule has 0 radical (unpaired) electrons. The summed E-state index contributed by atoms with van der Waals surface area (Å²) in [6, 6.07) is 9.98. The Bertz CT molecular complexity index is 936. The maximum absolute atomic E-state index is 13.0. The van der Waals surface area contributed by atoms with Gasteiger partial charge in [-0.1, -0.05) is 12.1 Å². The summed E-state index contributed by atoms with van der Waals surface area (Å²) in [5.74, 6) is 0.783. The second-order valence-corrected chi connectivity index (χ2v) is 6.55. The van der Waals surface area contributed by atoms with E-state index in [1.807, 2.05) is 49.3 Å². The number of benzene rings is 1. The predicted octanol–water partition coefficient (Wildman–Crippen LogP) is 2.91. The number of hydrogen-bond donors (Lipinski definition) is 0. The molecular weight excluding hydrogens is 328 g/mol. The van der Waals surface area contributed by atoms with Crippen molar-refractivity contribution in [2.45, 2.75) is 19.5 Å². The van der Waals surface area contributed by atoms with Crippen LogP contribution in [0.4, 0.5) is 0 Å². The minimum absolute atomic E-state index is 0.0355. The van der Waals surface area contributed by atoms with E-state index in [2.05, 4.69) is 16.0 Å². The number of pyridine rings is 1. The molecule has 26 heavy (non-hydrogen) atoms. The first-order valence-corrected chi connectivity index (χ1v) is 8.57. The highest BCUT2D eigenvalue weighted by molar-refractivity contribution is 5.92. The largest absolute Gasteiger partial charge is 0.491 e. The molecule has 3 aromatic rings. The number of ether oxygens (including phenoxy) is 1. The third kappa shape index (κ3) is 2.94. The Kier molecular flexibility index (Phi) is 4.16. The molecule has 1 aliphatic heterocycles. The highest BCUT2D eigenvalue weighted by Gasteiger charge is 2.28. The van der Waals surface area contributed by atoms with Crippen LogP contribution in [0.1, 0.15) is 23.0 Å². The number of aromatic nitrogens is 3. The number of imidazole rings is 1. The van der Waals surface area contributed by atoms with Crippen molar-refractivity contribution in [1.29, 1.82) is 0 Å². The van der Waals surface area contributed by atoms with E-state index in [1.165, 1.54) is 0 Å². The van der Waals surface area contributed by atoms with Gasteiger partial charge < -0.3 is 14.2 Å². The van der Waals surface area contributed by atoms with Crippen molar-refractivity contribution >= 4 is 5.91 Å². The van der Waals surface area contributed by atoms with Gasteiger partial charge in [-0.05, 0) is 30.7 Å². The Morgan fingerprint density at radius 2 is 2.08 bits per heavy atom. The lowest BCUT2D eigenvalue weighted by Gasteiger charge is -2.26. The van der Waals surface area contributed by atoms with Crippen molar-refractivity contribution in [3.63, 3.8) is 0 Å². The van der Waals surface area contributed by atoms with E-state index in [0.717, 1.165) is 22.4 Å². The van der Waals surface area contributed by atoms with Gasteiger partial charge in [0.1, 0.15) is 18.1 Å². The summed E-state index contributed by atoms with van der Waals surface area (Å²) in [7, 11) is 1.83. The lowest BCUT2D eigenvalue weighted by molar-refractivity contribution is 0.0635. The third-order valence-electron chi connectivity index (χ3n) is 4.70. The molecule has 132 valence electrons. The lowest BCUT2D eigenvalue weighted by atomic mass is 10.0. The minimum Gasteiger partial charge on any atom is -0.491 e. The molecule has 1 aromatic carbocycles. The second-order valence-electron chi connectivity index (χ2n) is 6.55. The number of hydrogen-bond acceptors (Lipinski definition) is 4. The molecule has 0 N–H and O–H groups in total. The molecule has 2 aromatic heterocycles. The minimum atomic E-state index is -0.0410. The number of aryl methyl sites for hydroxylation is 1. The van der Waals surface area contributed by atoms with Crippen molar-refractivity contribution in [1.82, 2.24) is 19.4 Å². The van der Waals surface area contributed by atoms with Crippen molar-refractivity contribution in [2.75, 3.05) is 6.61 Å². The molecule has 0 saturated carbocycles. The average molecular weight is 348 g/mol. The standard InChI is InChI=1S/C20H20N4O2/c1-14-12-26-19-6-5-15(16-4-3-7-21-9-16)8-17(19)11-24(14)20(25)18-10-22-13-23(18)2/h3-10,13-14H,11-12H2,1-2H3/t14-/m0/s1. The molecule has 0 spiro atoms. The Hall–Kier alpha value is -3.15. The summed E-state index contributed by atoms with van der Waals surface area (Å²) < 4.78 is 7.69. The maximum Gasteiger partial charge on any atom is 0.272 e. The van der Waals surface area contributed by atoms with Gasteiger partial charge in [-0.25, -0.2) is 4.98 Å². The fourth-order valence-electron chi connectivity index (χ4n) is 3.18. The van der Waals surface area contributed by atoms with Crippen molar-refractivity contribution in [2.24, 2.45) is 7.05 Å². The molecule has 0 bridgehead atoms. The van der Waals surface area contributed by atoms with Crippen molar-refractivity contribution in [3.05, 3.63) is 66.5 Å². The van der Waals surface area contributed by atoms with Crippen LogP contribution in [0, 0.1) is 0 Å². The maximum atomic E-state index is 13.0. The van der Waals surface area contributed by atoms with E-state index < -0.39 is 0 Å². The van der Waals surface area contributed by atoms with Crippen LogP contribution in [-0.4, -0.2) is 38.0 Å². The van der Waals surface area contributed by atoms with Crippen LogP contribution in [-0.2, 0) is 13.6 Å². The first-order valence-electron chi connectivity index (χ1n) is 8.57. The Balaban J connectivity index is 1.69. The SMILES string of the molecule is C[C@H]1COc2ccc(-c3cccnc3)cc2CN1C(=O)c1cncn1C. The van der Waals surface area contributed by atoms with Crippen LogP contribution >= 0.6 is 0 Å².